The van der Waals surface area contributed by atoms with Crippen molar-refractivity contribution in [2.24, 2.45) is 0 Å². The van der Waals surface area contributed by atoms with E-state index in [-0.39, 0.29) is 0 Å². The van der Waals surface area contributed by atoms with Gasteiger partial charge in [0.25, 0.3) is 0 Å². The Labute approximate surface area is 252 Å². The van der Waals surface area contributed by atoms with Gasteiger partial charge in [0.15, 0.2) is 0 Å². The van der Waals surface area contributed by atoms with Crippen LogP contribution in [0.15, 0.2) is 127 Å². The molecule has 1 aliphatic carbocycles. The van der Waals surface area contributed by atoms with Crippen LogP contribution < -0.4 is 4.90 Å². The van der Waals surface area contributed by atoms with Crippen LogP contribution in [0.25, 0.3) is 22.3 Å². The second-order valence-corrected chi connectivity index (χ2v) is 12.1. The maximum atomic E-state index is 7.25. The predicted molar refractivity (Wildman–Crippen MR) is 177 cm³/mol. The van der Waals surface area contributed by atoms with Crippen molar-refractivity contribution < 1.29 is 0 Å². The summed E-state index contributed by atoms with van der Waals surface area (Å²) in [6.45, 7) is 6.52. The molecular formula is C40H30ClN. The maximum Gasteiger partial charge on any atom is 0.0754 e. The van der Waals surface area contributed by atoms with E-state index in [1.54, 1.807) is 0 Å². The summed E-state index contributed by atoms with van der Waals surface area (Å²) >= 11 is 7.25. The number of benzene rings is 6. The van der Waals surface area contributed by atoms with Crippen LogP contribution in [-0.2, 0) is 5.41 Å². The number of aryl methyl sites for hydroxylation is 3. The van der Waals surface area contributed by atoms with Crippen molar-refractivity contribution >= 4 is 28.7 Å². The molecular weight excluding hydrogens is 530 g/mol. The first-order chi connectivity index (χ1) is 20.5. The third-order valence-corrected chi connectivity index (χ3v) is 9.51. The van der Waals surface area contributed by atoms with Gasteiger partial charge in [-0.3, -0.25) is 0 Å². The van der Waals surface area contributed by atoms with Gasteiger partial charge in [-0.15, -0.1) is 0 Å². The summed E-state index contributed by atoms with van der Waals surface area (Å²) in [4.78, 5) is 2.36. The Bertz CT molecular complexity index is 1930. The molecule has 42 heavy (non-hydrogen) atoms. The Balaban J connectivity index is 1.39. The SMILES string of the molecule is Cc1cc(C)c(-c2ccc(N3c4ccccc4C4(c5ccccc5-c5ccccc54)c4ccccc43)c(Cl)c2)c(C)c1. The number of rotatable bonds is 2. The number of anilines is 3. The van der Waals surface area contributed by atoms with E-state index in [9.17, 15) is 0 Å². The lowest BCUT2D eigenvalue weighted by molar-refractivity contribution is 0.752. The minimum absolute atomic E-state index is 0.417. The van der Waals surface area contributed by atoms with E-state index in [1.807, 2.05) is 0 Å². The molecule has 2 aliphatic rings. The molecule has 6 aromatic rings. The fourth-order valence-corrected chi connectivity index (χ4v) is 8.07. The van der Waals surface area contributed by atoms with Crippen LogP contribution in [-0.4, -0.2) is 0 Å². The lowest BCUT2D eigenvalue weighted by Gasteiger charge is -2.45. The van der Waals surface area contributed by atoms with Gasteiger partial charge in [-0.1, -0.05) is 120 Å². The molecule has 0 bridgehead atoms. The number of nitrogens with zero attached hydrogens (tertiary/aromatic N) is 1. The smallest absolute Gasteiger partial charge is 0.0754 e. The van der Waals surface area contributed by atoms with Crippen LogP contribution >= 0.6 is 11.6 Å². The van der Waals surface area contributed by atoms with Gasteiger partial charge in [0.05, 0.1) is 27.5 Å². The summed E-state index contributed by atoms with van der Waals surface area (Å²) in [5, 5.41) is 0.736. The molecule has 0 amide bonds. The Morgan fingerprint density at radius 3 is 1.50 bits per heavy atom. The molecule has 1 spiro atoms. The van der Waals surface area contributed by atoms with Gasteiger partial charge in [0.1, 0.15) is 0 Å². The molecule has 1 heterocycles. The lowest BCUT2D eigenvalue weighted by Crippen LogP contribution is -2.36. The highest BCUT2D eigenvalue weighted by Gasteiger charge is 2.51. The highest BCUT2D eigenvalue weighted by Crippen LogP contribution is 2.63. The minimum atomic E-state index is -0.417. The largest absolute Gasteiger partial charge is 0.308 e. The minimum Gasteiger partial charge on any atom is -0.308 e. The van der Waals surface area contributed by atoms with E-state index in [2.05, 4.69) is 153 Å². The van der Waals surface area contributed by atoms with Gasteiger partial charge in [-0.25, -0.2) is 0 Å². The highest BCUT2D eigenvalue weighted by atomic mass is 35.5. The summed E-state index contributed by atoms with van der Waals surface area (Å²) < 4.78 is 0. The Morgan fingerprint density at radius 1 is 0.500 bits per heavy atom. The van der Waals surface area contributed by atoms with Gasteiger partial charge in [0, 0.05) is 0 Å². The molecule has 0 saturated heterocycles. The second kappa shape index (κ2) is 9.21. The first-order valence-electron chi connectivity index (χ1n) is 14.6. The molecule has 0 N–H and O–H groups in total. The zero-order valence-corrected chi connectivity index (χ0v) is 24.7. The van der Waals surface area contributed by atoms with Crippen molar-refractivity contribution in [3.63, 3.8) is 0 Å². The fraction of sp³-hybridized carbons (Fsp3) is 0.100. The van der Waals surface area contributed by atoms with Crippen LogP contribution in [0.4, 0.5) is 17.1 Å². The van der Waals surface area contributed by atoms with Crippen LogP contribution in [0.1, 0.15) is 38.9 Å². The van der Waals surface area contributed by atoms with E-state index in [1.165, 1.54) is 55.6 Å². The summed E-state index contributed by atoms with van der Waals surface area (Å²) in [6, 6.07) is 46.6. The maximum absolute atomic E-state index is 7.25. The Hall–Kier alpha value is -4.59. The molecule has 0 atom stereocenters. The highest BCUT2D eigenvalue weighted by molar-refractivity contribution is 6.34. The lowest BCUT2D eigenvalue weighted by atomic mass is 9.64. The van der Waals surface area contributed by atoms with E-state index < -0.39 is 5.41 Å². The Kier molecular flexibility index (Phi) is 5.51. The van der Waals surface area contributed by atoms with Crippen molar-refractivity contribution in [1.29, 1.82) is 0 Å². The van der Waals surface area contributed by atoms with Gasteiger partial charge < -0.3 is 4.90 Å². The number of para-hydroxylation sites is 2. The molecule has 8 rings (SSSR count). The summed E-state index contributed by atoms with van der Waals surface area (Å²) in [5.74, 6) is 0. The monoisotopic (exact) mass is 559 g/mol. The quantitative estimate of drug-likeness (QED) is 0.203. The molecule has 0 saturated carbocycles. The molecule has 0 aromatic heterocycles. The molecule has 1 aliphatic heterocycles. The topological polar surface area (TPSA) is 3.24 Å². The summed E-state index contributed by atoms with van der Waals surface area (Å²) in [7, 11) is 0. The van der Waals surface area contributed by atoms with Gasteiger partial charge >= 0.3 is 0 Å². The fourth-order valence-electron chi connectivity index (χ4n) is 7.80. The standard InChI is InChI=1S/C40H30ClN/c1-25-22-26(2)39(27(3)23-25)28-20-21-38(35(41)24-28)42-36-18-10-8-16-33(36)40(34-17-9-11-19-37(34)42)31-14-6-4-12-29(31)30-13-5-7-15-32(30)40/h4-24H,1-3H3. The molecule has 1 nitrogen and oxygen atoms in total. The first-order valence-corrected chi connectivity index (χ1v) is 14.9. The molecule has 0 radical (unpaired) electrons. The zero-order valence-electron chi connectivity index (χ0n) is 23.9. The second-order valence-electron chi connectivity index (χ2n) is 11.7. The first kappa shape index (κ1) is 25.1. The number of hydrogen-bond acceptors (Lipinski definition) is 1. The van der Waals surface area contributed by atoms with Crippen LogP contribution in [0, 0.1) is 20.8 Å². The zero-order chi connectivity index (χ0) is 28.6. The van der Waals surface area contributed by atoms with Gasteiger partial charge in [-0.2, -0.15) is 0 Å². The van der Waals surface area contributed by atoms with E-state index in [4.69, 9.17) is 11.6 Å². The van der Waals surface area contributed by atoms with Crippen molar-refractivity contribution in [2.45, 2.75) is 26.2 Å². The van der Waals surface area contributed by atoms with Crippen molar-refractivity contribution in [1.82, 2.24) is 0 Å². The van der Waals surface area contributed by atoms with Gasteiger partial charge in [0.2, 0.25) is 0 Å². The van der Waals surface area contributed by atoms with Crippen LogP contribution in [0.5, 0.6) is 0 Å². The predicted octanol–water partition coefficient (Wildman–Crippen LogP) is 11.1. The molecule has 202 valence electrons. The molecule has 6 aromatic carbocycles. The Morgan fingerprint density at radius 2 is 0.976 bits per heavy atom. The number of halogens is 1. The van der Waals surface area contributed by atoms with Gasteiger partial charge in [-0.05, 0) is 101 Å². The number of fused-ring (bicyclic) bond motifs is 9. The van der Waals surface area contributed by atoms with Crippen molar-refractivity contribution in [3.05, 3.63) is 171 Å². The van der Waals surface area contributed by atoms with E-state index in [0.717, 1.165) is 27.6 Å². The third-order valence-electron chi connectivity index (χ3n) is 9.20. The van der Waals surface area contributed by atoms with E-state index >= 15 is 0 Å². The molecule has 0 fully saturated rings. The van der Waals surface area contributed by atoms with Crippen molar-refractivity contribution in [2.75, 3.05) is 4.90 Å². The van der Waals surface area contributed by atoms with E-state index in [0.29, 0.717) is 0 Å². The number of hydrogen-bond donors (Lipinski definition) is 0. The third kappa shape index (κ3) is 3.32. The van der Waals surface area contributed by atoms with Crippen LogP contribution in [0.2, 0.25) is 5.02 Å². The summed E-state index contributed by atoms with van der Waals surface area (Å²) in [6.07, 6.45) is 0. The normalized spacial score (nSPS) is 13.9. The summed E-state index contributed by atoms with van der Waals surface area (Å²) in [5.41, 5.74) is 16.9. The molecule has 0 unspecified atom stereocenters. The average Bonchev–Trinajstić information content (AvgIpc) is 3.29. The average molecular weight is 560 g/mol. The molecule has 2 heteroatoms. The van der Waals surface area contributed by atoms with Crippen molar-refractivity contribution in [3.8, 4) is 22.3 Å². The van der Waals surface area contributed by atoms with Crippen LogP contribution in [0.3, 0.4) is 0 Å².